The fraction of sp³-hybridized carbons (Fsp3) is 0.273. The van der Waals surface area contributed by atoms with Gasteiger partial charge in [0.25, 0.3) is 0 Å². The zero-order valence-corrected chi connectivity index (χ0v) is 16.6. The van der Waals surface area contributed by atoms with Crippen LogP contribution in [-0.4, -0.2) is 37.8 Å². The molecule has 0 saturated carbocycles. The number of halogens is 1. The molecular formula is C22H20ClN5. The summed E-state index contributed by atoms with van der Waals surface area (Å²) in [6, 6.07) is 10.5. The number of rotatable bonds is 3. The Kier molecular flexibility index (Phi) is 4.13. The fourth-order valence-electron chi connectivity index (χ4n) is 3.96. The van der Waals surface area contributed by atoms with E-state index in [0.717, 1.165) is 52.4 Å². The topological polar surface area (TPSA) is 54.3 Å². The van der Waals surface area contributed by atoms with Gasteiger partial charge in [0, 0.05) is 29.3 Å². The number of aromatic nitrogens is 3. The zero-order valence-electron chi connectivity index (χ0n) is 15.8. The summed E-state index contributed by atoms with van der Waals surface area (Å²) in [7, 11) is 0. The minimum atomic E-state index is 0.207. The van der Waals surface area contributed by atoms with Crippen molar-refractivity contribution >= 4 is 34.5 Å². The number of aryl methyl sites for hydroxylation is 2. The van der Waals surface area contributed by atoms with Crippen molar-refractivity contribution in [2.24, 2.45) is 4.99 Å². The van der Waals surface area contributed by atoms with E-state index in [4.69, 9.17) is 21.6 Å². The Balaban J connectivity index is 1.39. The summed E-state index contributed by atoms with van der Waals surface area (Å²) in [6.07, 6.45) is 7.72. The summed E-state index contributed by atoms with van der Waals surface area (Å²) in [5.74, 6) is 1.02. The number of hydrogen-bond donors (Lipinski definition) is 0. The zero-order chi connectivity index (χ0) is 19.3. The molecule has 6 heteroatoms. The molecule has 5 heterocycles. The number of amidine groups is 1. The van der Waals surface area contributed by atoms with Crippen LogP contribution in [0.2, 0.25) is 5.02 Å². The Bertz CT molecular complexity index is 1140. The summed E-state index contributed by atoms with van der Waals surface area (Å²) in [5.41, 5.74) is 5.63. The molecule has 28 heavy (non-hydrogen) atoms. The van der Waals surface area contributed by atoms with Gasteiger partial charge in [-0.1, -0.05) is 11.6 Å². The highest BCUT2D eigenvalue weighted by atomic mass is 35.5. The van der Waals surface area contributed by atoms with Gasteiger partial charge in [-0.2, -0.15) is 0 Å². The lowest BCUT2D eigenvalue weighted by Crippen LogP contribution is -2.35. The smallest absolute Gasteiger partial charge is 0.137 e. The molecule has 0 saturated heterocycles. The number of nitrogens with zero attached hydrogens (tertiary/aromatic N) is 5. The molecule has 140 valence electrons. The average molecular weight is 390 g/mol. The molecular weight excluding hydrogens is 370 g/mol. The first-order valence-electron chi connectivity index (χ1n) is 9.52. The van der Waals surface area contributed by atoms with E-state index < -0.39 is 0 Å². The molecule has 2 unspecified atom stereocenters. The molecule has 0 aromatic carbocycles. The molecule has 0 fully saturated rings. The normalized spacial score (nSPS) is 20.2. The van der Waals surface area contributed by atoms with Crippen LogP contribution in [0.15, 0.2) is 47.7 Å². The predicted molar refractivity (Wildman–Crippen MR) is 113 cm³/mol. The first-order chi connectivity index (χ1) is 13.6. The summed E-state index contributed by atoms with van der Waals surface area (Å²) in [4.78, 5) is 21.0. The second kappa shape index (κ2) is 6.67. The number of pyridine rings is 3. The van der Waals surface area contributed by atoms with Crippen molar-refractivity contribution in [3.8, 4) is 0 Å². The quantitative estimate of drug-likeness (QED) is 0.665. The third-order valence-electron chi connectivity index (χ3n) is 5.49. The minimum absolute atomic E-state index is 0.207. The molecule has 2 aliphatic heterocycles. The van der Waals surface area contributed by atoms with Crippen LogP contribution < -0.4 is 0 Å². The largest absolute Gasteiger partial charge is 0.328 e. The van der Waals surface area contributed by atoms with E-state index in [-0.39, 0.29) is 6.04 Å². The van der Waals surface area contributed by atoms with Crippen LogP contribution in [0.3, 0.4) is 0 Å². The lowest BCUT2D eigenvalue weighted by atomic mass is 10.0. The Labute approximate surface area is 168 Å². The van der Waals surface area contributed by atoms with Gasteiger partial charge < -0.3 is 4.90 Å². The lowest BCUT2D eigenvalue weighted by Gasteiger charge is -2.27. The van der Waals surface area contributed by atoms with Gasteiger partial charge in [0.05, 0.1) is 28.3 Å². The molecule has 0 radical (unpaired) electrons. The van der Waals surface area contributed by atoms with Crippen LogP contribution in [0.4, 0.5) is 0 Å². The van der Waals surface area contributed by atoms with Gasteiger partial charge in [0.1, 0.15) is 11.4 Å². The summed E-state index contributed by atoms with van der Waals surface area (Å²) < 4.78 is 0. The highest BCUT2D eigenvalue weighted by Crippen LogP contribution is 2.30. The van der Waals surface area contributed by atoms with E-state index in [2.05, 4.69) is 40.1 Å². The van der Waals surface area contributed by atoms with Crippen LogP contribution in [0.1, 0.15) is 36.0 Å². The maximum Gasteiger partial charge on any atom is 0.137 e. The minimum Gasteiger partial charge on any atom is -0.328 e. The standard InChI is InChI=1S/C22H20ClN5/c1-13-5-7-20-21(25-13)17(23)12-15(26-20)6-8-18-14(2)28-11-9-19-16(22(28)27-18)4-3-10-24-19/h3-5,7,9-12,14,18H,6,8H2,1-2H3. The van der Waals surface area contributed by atoms with Gasteiger partial charge in [-0.3, -0.25) is 15.0 Å². The van der Waals surface area contributed by atoms with E-state index in [1.807, 2.05) is 37.4 Å². The Morgan fingerprint density at radius 1 is 1.18 bits per heavy atom. The Morgan fingerprint density at radius 2 is 2.07 bits per heavy atom. The van der Waals surface area contributed by atoms with Crippen molar-refractivity contribution < 1.29 is 0 Å². The summed E-state index contributed by atoms with van der Waals surface area (Å²) in [5, 5.41) is 0.662. The highest BCUT2D eigenvalue weighted by Gasteiger charge is 2.34. The predicted octanol–water partition coefficient (Wildman–Crippen LogP) is 4.42. The number of fused-ring (bicyclic) bond motifs is 4. The van der Waals surface area contributed by atoms with Gasteiger partial charge in [-0.25, -0.2) is 4.98 Å². The Morgan fingerprint density at radius 3 is 2.96 bits per heavy atom. The molecule has 3 aromatic rings. The molecule has 0 N–H and O–H groups in total. The molecule has 2 atom stereocenters. The second-order valence-corrected chi connectivity index (χ2v) is 7.78. The maximum absolute atomic E-state index is 6.46. The van der Waals surface area contributed by atoms with Gasteiger partial charge in [0.15, 0.2) is 0 Å². The van der Waals surface area contributed by atoms with Crippen LogP contribution in [0, 0.1) is 6.92 Å². The molecule has 0 bridgehead atoms. The summed E-state index contributed by atoms with van der Waals surface area (Å²) in [6.45, 7) is 4.18. The molecule has 5 nitrogen and oxygen atoms in total. The number of hydrogen-bond acceptors (Lipinski definition) is 5. The molecule has 2 aliphatic rings. The molecule has 3 aromatic heterocycles. The molecule has 0 aliphatic carbocycles. The van der Waals surface area contributed by atoms with Crippen LogP contribution in [0.25, 0.3) is 17.1 Å². The van der Waals surface area contributed by atoms with Crippen molar-refractivity contribution in [2.45, 2.75) is 38.8 Å². The lowest BCUT2D eigenvalue weighted by molar-refractivity contribution is 0.392. The van der Waals surface area contributed by atoms with E-state index in [1.165, 1.54) is 0 Å². The molecule has 0 amide bonds. The van der Waals surface area contributed by atoms with Crippen molar-refractivity contribution in [2.75, 3.05) is 0 Å². The number of aliphatic imine (C=N–C) groups is 1. The van der Waals surface area contributed by atoms with Crippen molar-refractivity contribution in [3.05, 3.63) is 70.4 Å². The van der Waals surface area contributed by atoms with Gasteiger partial charge in [-0.15, -0.1) is 0 Å². The van der Waals surface area contributed by atoms with Crippen LogP contribution in [0.5, 0.6) is 0 Å². The van der Waals surface area contributed by atoms with Gasteiger partial charge in [-0.05, 0) is 63.1 Å². The van der Waals surface area contributed by atoms with E-state index in [1.54, 1.807) is 0 Å². The van der Waals surface area contributed by atoms with Crippen molar-refractivity contribution in [1.82, 2.24) is 19.9 Å². The third-order valence-corrected chi connectivity index (χ3v) is 5.78. The monoisotopic (exact) mass is 389 g/mol. The highest BCUT2D eigenvalue weighted by molar-refractivity contribution is 6.34. The van der Waals surface area contributed by atoms with E-state index >= 15 is 0 Å². The maximum atomic E-state index is 6.46. The third kappa shape index (κ3) is 2.87. The summed E-state index contributed by atoms with van der Waals surface area (Å²) >= 11 is 6.46. The van der Waals surface area contributed by atoms with Gasteiger partial charge in [0.2, 0.25) is 0 Å². The SMILES string of the molecule is Cc1ccc2nc(CCC3N=C4c5cccnc5C=CN4C3C)cc(Cl)c2n1. The average Bonchev–Trinajstić information content (AvgIpc) is 3.03. The van der Waals surface area contributed by atoms with Crippen LogP contribution >= 0.6 is 11.6 Å². The van der Waals surface area contributed by atoms with Gasteiger partial charge >= 0.3 is 0 Å². The first kappa shape index (κ1) is 17.3. The fourth-order valence-corrected chi connectivity index (χ4v) is 4.23. The van der Waals surface area contributed by atoms with Crippen molar-refractivity contribution in [3.63, 3.8) is 0 Å². The van der Waals surface area contributed by atoms with Crippen molar-refractivity contribution in [1.29, 1.82) is 0 Å². The second-order valence-electron chi connectivity index (χ2n) is 7.37. The van der Waals surface area contributed by atoms with E-state index in [9.17, 15) is 0 Å². The molecule has 0 spiro atoms. The van der Waals surface area contributed by atoms with Crippen LogP contribution in [-0.2, 0) is 6.42 Å². The van der Waals surface area contributed by atoms with E-state index in [0.29, 0.717) is 11.1 Å². The first-order valence-corrected chi connectivity index (χ1v) is 9.90. The molecule has 5 rings (SSSR count). The Hall–Kier alpha value is -2.79.